The van der Waals surface area contributed by atoms with Crippen molar-refractivity contribution >= 4 is 27.6 Å². The maximum Gasteiger partial charge on any atom is 0.299 e. The van der Waals surface area contributed by atoms with Crippen LogP contribution in [0.25, 0.3) is 11.2 Å². The van der Waals surface area contributed by atoms with E-state index in [1.807, 2.05) is 30.0 Å². The highest BCUT2D eigenvalue weighted by molar-refractivity contribution is 7.95. The Morgan fingerprint density at radius 1 is 1.12 bits per heavy atom. The first-order valence-corrected chi connectivity index (χ1v) is 10.0. The molecule has 3 heterocycles. The summed E-state index contributed by atoms with van der Waals surface area (Å²) in [7, 11) is -3.49. The lowest BCUT2D eigenvalue weighted by Crippen LogP contribution is -2.39. The highest BCUT2D eigenvalue weighted by Gasteiger charge is 2.32. The Kier molecular flexibility index (Phi) is 4.47. The summed E-state index contributed by atoms with van der Waals surface area (Å²) < 4.78 is 33.1. The van der Waals surface area contributed by atoms with Crippen molar-refractivity contribution in [3.8, 4) is 0 Å². The van der Waals surface area contributed by atoms with Crippen molar-refractivity contribution in [2.75, 3.05) is 31.1 Å². The predicted octanol–water partition coefficient (Wildman–Crippen LogP) is 2.65. The van der Waals surface area contributed by atoms with Crippen LogP contribution in [0.5, 0.6) is 0 Å². The molecule has 136 valence electrons. The lowest BCUT2D eigenvalue weighted by molar-refractivity contribution is 0.367. The van der Waals surface area contributed by atoms with Crippen LogP contribution in [0.3, 0.4) is 0 Å². The Morgan fingerprint density at radius 2 is 1.92 bits per heavy atom. The Labute approximate surface area is 153 Å². The molecule has 0 saturated carbocycles. The maximum atomic E-state index is 12.9. The summed E-state index contributed by atoms with van der Waals surface area (Å²) in [6, 6.07) is 11.1. The zero-order chi connectivity index (χ0) is 18.1. The summed E-state index contributed by atoms with van der Waals surface area (Å²) >= 11 is 0. The van der Waals surface area contributed by atoms with Gasteiger partial charge in [0.05, 0.1) is 6.54 Å². The van der Waals surface area contributed by atoms with E-state index in [0.29, 0.717) is 54.7 Å². The predicted molar refractivity (Wildman–Crippen MR) is 98.5 cm³/mol. The van der Waals surface area contributed by atoms with Crippen LogP contribution < -0.4 is 4.90 Å². The van der Waals surface area contributed by atoms with Gasteiger partial charge < -0.3 is 13.9 Å². The molecule has 1 saturated heterocycles. The van der Waals surface area contributed by atoms with Gasteiger partial charge in [0.1, 0.15) is 0 Å². The average Bonchev–Trinajstić information content (AvgIpc) is 2.90. The summed E-state index contributed by atoms with van der Waals surface area (Å²) in [5, 5.41) is 0. The fraction of sp³-hybridized carbons (Fsp3) is 0.333. The van der Waals surface area contributed by atoms with Crippen LogP contribution >= 0.6 is 0 Å². The topological polar surface area (TPSA) is 85.5 Å². The highest BCUT2D eigenvalue weighted by atomic mass is 32.3. The van der Waals surface area contributed by atoms with E-state index in [1.165, 1.54) is 0 Å². The van der Waals surface area contributed by atoms with Gasteiger partial charge in [-0.1, -0.05) is 21.9 Å². The highest BCUT2D eigenvalue weighted by Crippen LogP contribution is 2.25. The minimum atomic E-state index is -3.49. The molecule has 26 heavy (non-hydrogen) atoms. The molecule has 0 N–H and O–H groups in total. The fourth-order valence-electron chi connectivity index (χ4n) is 3.08. The van der Waals surface area contributed by atoms with Crippen LogP contribution in [0.4, 0.5) is 6.01 Å². The number of anilines is 1. The monoisotopic (exact) mass is 372 g/mol. The number of fused-ring (bicyclic) bond motifs is 1. The van der Waals surface area contributed by atoms with E-state index in [0.717, 1.165) is 5.56 Å². The number of hydrogen-bond acceptors (Lipinski definition) is 6. The maximum absolute atomic E-state index is 12.9. The molecular formula is C18H20N4O3S. The Morgan fingerprint density at radius 3 is 2.69 bits per heavy atom. The Hall–Kier alpha value is -2.29. The molecule has 2 aromatic heterocycles. The molecule has 4 rings (SSSR count). The standard InChI is InChI=1S/C18H20N4O3S/c1-14-5-7-15(8-6-14)26(23,24)22-11-3-10-21(12-13-22)18-20-17-16(25-18)4-2-9-19-17/h2,4-9H,3,10-13H2,1H3. The van der Waals surface area contributed by atoms with Crippen molar-refractivity contribution in [1.29, 1.82) is 0 Å². The molecule has 1 fully saturated rings. The minimum Gasteiger partial charge on any atom is -0.593 e. The third-order valence-electron chi connectivity index (χ3n) is 4.54. The third-order valence-corrected chi connectivity index (χ3v) is 6.45. The van der Waals surface area contributed by atoms with Gasteiger partial charge in [-0.05, 0) is 37.6 Å². The van der Waals surface area contributed by atoms with E-state index < -0.39 is 10.4 Å². The number of rotatable bonds is 3. The zero-order valence-corrected chi connectivity index (χ0v) is 15.3. The number of hydrogen-bond donors (Lipinski definition) is 0. The van der Waals surface area contributed by atoms with Gasteiger partial charge in [0.15, 0.2) is 20.9 Å². The molecule has 3 aromatic rings. The van der Waals surface area contributed by atoms with E-state index >= 15 is 0 Å². The number of sulfonamides is 1. The van der Waals surface area contributed by atoms with E-state index in [9.17, 15) is 8.76 Å². The van der Waals surface area contributed by atoms with Gasteiger partial charge in [0, 0.05) is 25.8 Å². The van der Waals surface area contributed by atoms with Gasteiger partial charge in [-0.2, -0.15) is 4.98 Å². The molecule has 0 bridgehead atoms. The SMILES string of the molecule is Cc1ccc([S+](=O)([O-])N2CCCN(c3nc4ncccc4o3)CC2)cc1. The Bertz CT molecular complexity index is 923. The van der Waals surface area contributed by atoms with Gasteiger partial charge in [0.25, 0.3) is 6.01 Å². The quantitative estimate of drug-likeness (QED) is 0.657. The van der Waals surface area contributed by atoms with Crippen LogP contribution in [0.1, 0.15) is 12.0 Å². The minimum absolute atomic E-state index is 0.336. The number of aryl methyl sites for hydroxylation is 1. The number of aromatic nitrogens is 2. The van der Waals surface area contributed by atoms with E-state index in [2.05, 4.69) is 9.97 Å². The first kappa shape index (κ1) is 17.1. The van der Waals surface area contributed by atoms with E-state index in [1.54, 1.807) is 28.7 Å². The lowest BCUT2D eigenvalue weighted by atomic mass is 10.2. The van der Waals surface area contributed by atoms with Crippen molar-refractivity contribution in [2.45, 2.75) is 18.2 Å². The van der Waals surface area contributed by atoms with Crippen molar-refractivity contribution in [3.05, 3.63) is 48.2 Å². The van der Waals surface area contributed by atoms with Crippen LogP contribution in [-0.4, -0.2) is 45.0 Å². The van der Waals surface area contributed by atoms with Crippen molar-refractivity contribution in [1.82, 2.24) is 14.3 Å². The van der Waals surface area contributed by atoms with Crippen molar-refractivity contribution in [3.63, 3.8) is 0 Å². The number of nitrogens with zero attached hydrogens (tertiary/aromatic N) is 4. The van der Waals surface area contributed by atoms with Crippen LogP contribution in [0, 0.1) is 6.92 Å². The van der Waals surface area contributed by atoms with E-state index in [4.69, 9.17) is 4.42 Å². The van der Waals surface area contributed by atoms with Gasteiger partial charge in [-0.25, -0.2) is 4.98 Å². The van der Waals surface area contributed by atoms with Crippen LogP contribution in [0.2, 0.25) is 0 Å². The summed E-state index contributed by atoms with van der Waals surface area (Å²) in [6.45, 7) is 4.02. The van der Waals surface area contributed by atoms with Gasteiger partial charge >= 0.3 is 0 Å². The smallest absolute Gasteiger partial charge is 0.299 e. The van der Waals surface area contributed by atoms with Crippen LogP contribution in [0.15, 0.2) is 51.9 Å². The Balaban J connectivity index is 1.52. The summed E-state index contributed by atoms with van der Waals surface area (Å²) in [5.41, 5.74) is 2.24. The van der Waals surface area contributed by atoms with Crippen molar-refractivity contribution < 1.29 is 13.2 Å². The first-order chi connectivity index (χ1) is 12.5. The molecule has 8 heteroatoms. The number of pyridine rings is 1. The van der Waals surface area contributed by atoms with Gasteiger partial charge in [-0.3, -0.25) is 0 Å². The molecule has 1 unspecified atom stereocenters. The number of benzene rings is 1. The first-order valence-electron chi connectivity index (χ1n) is 8.57. The molecule has 1 aromatic carbocycles. The number of oxazole rings is 1. The second-order valence-electron chi connectivity index (χ2n) is 6.38. The van der Waals surface area contributed by atoms with Gasteiger partial charge in [0.2, 0.25) is 5.65 Å². The third kappa shape index (κ3) is 3.23. The second kappa shape index (κ2) is 6.79. The summed E-state index contributed by atoms with van der Waals surface area (Å²) in [4.78, 5) is 10.9. The largest absolute Gasteiger partial charge is 0.593 e. The van der Waals surface area contributed by atoms with E-state index in [-0.39, 0.29) is 0 Å². The molecule has 0 amide bonds. The lowest BCUT2D eigenvalue weighted by Gasteiger charge is -2.26. The molecule has 1 atom stereocenters. The summed E-state index contributed by atoms with van der Waals surface area (Å²) in [6.07, 6.45) is 2.38. The molecule has 0 radical (unpaired) electrons. The molecule has 1 aliphatic heterocycles. The second-order valence-corrected chi connectivity index (χ2v) is 8.32. The average molecular weight is 372 g/mol. The molecular weight excluding hydrogens is 352 g/mol. The molecule has 1 aliphatic rings. The molecule has 7 nitrogen and oxygen atoms in total. The van der Waals surface area contributed by atoms with Crippen molar-refractivity contribution in [2.24, 2.45) is 0 Å². The normalized spacial score (nSPS) is 18.6. The zero-order valence-electron chi connectivity index (χ0n) is 14.5. The van der Waals surface area contributed by atoms with Gasteiger partial charge in [-0.15, -0.1) is 4.31 Å². The van der Waals surface area contributed by atoms with Crippen LogP contribution in [-0.2, 0) is 14.6 Å². The molecule has 0 aliphatic carbocycles. The molecule has 0 spiro atoms. The summed E-state index contributed by atoms with van der Waals surface area (Å²) in [5.74, 6) is 0. The fourth-order valence-corrected chi connectivity index (χ4v) is 4.55.